The lowest BCUT2D eigenvalue weighted by atomic mass is 9.73. The third-order valence-corrected chi connectivity index (χ3v) is 3.77. The average Bonchev–Trinajstić information content (AvgIpc) is 2.19. The largest absolute Gasteiger partial charge is 0.330 e. The summed E-state index contributed by atoms with van der Waals surface area (Å²) in [6.07, 6.45) is 3.52. The molecule has 1 unspecified atom stereocenters. The first-order valence-electron chi connectivity index (χ1n) is 5.10. The summed E-state index contributed by atoms with van der Waals surface area (Å²) >= 11 is 3.51. The molecule has 1 aromatic rings. The van der Waals surface area contributed by atoms with Crippen LogP contribution in [0.5, 0.6) is 0 Å². The summed E-state index contributed by atoms with van der Waals surface area (Å²) in [4.78, 5) is 0. The highest BCUT2D eigenvalue weighted by atomic mass is 79.9. The Kier molecular flexibility index (Phi) is 2.67. The molecule has 14 heavy (non-hydrogen) atoms. The summed E-state index contributed by atoms with van der Waals surface area (Å²) in [7, 11) is 0. The fourth-order valence-electron chi connectivity index (χ4n) is 2.16. The van der Waals surface area contributed by atoms with Gasteiger partial charge in [0.05, 0.1) is 0 Å². The lowest BCUT2D eigenvalue weighted by molar-refractivity contribution is 0.290. The van der Waals surface area contributed by atoms with Gasteiger partial charge in [-0.2, -0.15) is 0 Å². The minimum atomic E-state index is 0.320. The first-order valence-corrected chi connectivity index (χ1v) is 5.90. The molecular formula is C12H16BrN. The van der Waals surface area contributed by atoms with E-state index in [9.17, 15) is 0 Å². The van der Waals surface area contributed by atoms with E-state index >= 15 is 0 Å². The van der Waals surface area contributed by atoms with Crippen LogP contribution >= 0.6 is 15.9 Å². The Balaban J connectivity index is 2.31. The monoisotopic (exact) mass is 253 g/mol. The first kappa shape index (κ1) is 10.2. The van der Waals surface area contributed by atoms with Gasteiger partial charge in [0.15, 0.2) is 0 Å². The molecule has 0 aliphatic heterocycles. The Hall–Kier alpha value is -0.340. The van der Waals surface area contributed by atoms with E-state index in [0.29, 0.717) is 5.41 Å². The fourth-order valence-corrected chi connectivity index (χ4v) is 2.57. The molecule has 1 aromatic carbocycles. The molecular weight excluding hydrogens is 238 g/mol. The van der Waals surface area contributed by atoms with Gasteiger partial charge in [-0.25, -0.2) is 0 Å². The van der Waals surface area contributed by atoms with Gasteiger partial charge in [-0.05, 0) is 54.5 Å². The second kappa shape index (κ2) is 3.67. The molecule has 0 aromatic heterocycles. The summed E-state index contributed by atoms with van der Waals surface area (Å²) < 4.78 is 1.19. The van der Waals surface area contributed by atoms with Crippen LogP contribution in [0.2, 0.25) is 0 Å². The topological polar surface area (TPSA) is 26.0 Å². The van der Waals surface area contributed by atoms with Crippen molar-refractivity contribution in [2.75, 3.05) is 6.54 Å². The van der Waals surface area contributed by atoms with E-state index in [-0.39, 0.29) is 0 Å². The fraction of sp³-hybridized carbons (Fsp3) is 0.500. The number of nitrogens with two attached hydrogens (primary N) is 1. The maximum Gasteiger partial charge on any atom is 0.0178 e. The van der Waals surface area contributed by atoms with Gasteiger partial charge < -0.3 is 5.73 Å². The molecule has 0 saturated heterocycles. The van der Waals surface area contributed by atoms with Crippen LogP contribution in [-0.2, 0) is 12.8 Å². The Morgan fingerprint density at radius 3 is 2.93 bits per heavy atom. The van der Waals surface area contributed by atoms with E-state index in [1.165, 1.54) is 28.4 Å². The number of hydrogen-bond donors (Lipinski definition) is 1. The van der Waals surface area contributed by atoms with Gasteiger partial charge in [0, 0.05) is 4.47 Å². The van der Waals surface area contributed by atoms with E-state index in [0.717, 1.165) is 13.0 Å². The Labute approximate surface area is 93.8 Å². The number of rotatable bonds is 1. The highest BCUT2D eigenvalue weighted by Gasteiger charge is 2.28. The van der Waals surface area contributed by atoms with E-state index in [1.807, 2.05) is 0 Å². The standard InChI is InChI=1S/C12H16BrN/c1-12(8-14)5-4-9-6-11(13)3-2-10(9)7-12/h2-3,6H,4-5,7-8,14H2,1H3. The highest BCUT2D eigenvalue weighted by molar-refractivity contribution is 9.10. The van der Waals surface area contributed by atoms with Crippen molar-refractivity contribution >= 4 is 15.9 Å². The zero-order chi connectivity index (χ0) is 10.2. The van der Waals surface area contributed by atoms with E-state index in [4.69, 9.17) is 5.73 Å². The molecule has 0 fully saturated rings. The van der Waals surface area contributed by atoms with Gasteiger partial charge in [-0.1, -0.05) is 28.9 Å². The van der Waals surface area contributed by atoms with Crippen LogP contribution in [0.25, 0.3) is 0 Å². The summed E-state index contributed by atoms with van der Waals surface area (Å²) in [5.74, 6) is 0. The van der Waals surface area contributed by atoms with Crippen LogP contribution in [0.3, 0.4) is 0 Å². The van der Waals surface area contributed by atoms with Gasteiger partial charge in [0.1, 0.15) is 0 Å². The van der Waals surface area contributed by atoms with Crippen LogP contribution in [0, 0.1) is 5.41 Å². The van der Waals surface area contributed by atoms with Crippen molar-refractivity contribution in [3.63, 3.8) is 0 Å². The second-order valence-corrected chi connectivity index (χ2v) is 5.52. The lowest BCUT2D eigenvalue weighted by Gasteiger charge is -2.33. The third kappa shape index (κ3) is 1.86. The number of fused-ring (bicyclic) bond motifs is 1. The summed E-state index contributed by atoms with van der Waals surface area (Å²) in [6.45, 7) is 3.08. The van der Waals surface area contributed by atoms with Crippen molar-refractivity contribution < 1.29 is 0 Å². The maximum atomic E-state index is 5.82. The van der Waals surface area contributed by atoms with Crippen molar-refractivity contribution in [2.45, 2.75) is 26.2 Å². The smallest absolute Gasteiger partial charge is 0.0178 e. The normalized spacial score (nSPS) is 25.9. The van der Waals surface area contributed by atoms with Crippen LogP contribution in [0.4, 0.5) is 0 Å². The van der Waals surface area contributed by atoms with Crippen LogP contribution in [0.1, 0.15) is 24.5 Å². The molecule has 0 amide bonds. The molecule has 0 radical (unpaired) electrons. The zero-order valence-electron chi connectivity index (χ0n) is 8.52. The predicted octanol–water partition coefficient (Wildman–Crippen LogP) is 2.90. The van der Waals surface area contributed by atoms with Crippen LogP contribution in [0.15, 0.2) is 22.7 Å². The molecule has 1 atom stereocenters. The van der Waals surface area contributed by atoms with E-state index < -0.39 is 0 Å². The molecule has 0 bridgehead atoms. The van der Waals surface area contributed by atoms with Crippen molar-refractivity contribution in [1.82, 2.24) is 0 Å². The van der Waals surface area contributed by atoms with Gasteiger partial charge in [-0.3, -0.25) is 0 Å². The van der Waals surface area contributed by atoms with E-state index in [1.54, 1.807) is 0 Å². The molecule has 2 heteroatoms. The van der Waals surface area contributed by atoms with Gasteiger partial charge in [0.2, 0.25) is 0 Å². The Morgan fingerprint density at radius 2 is 2.21 bits per heavy atom. The van der Waals surface area contributed by atoms with Crippen molar-refractivity contribution in [3.8, 4) is 0 Å². The minimum absolute atomic E-state index is 0.320. The van der Waals surface area contributed by atoms with Gasteiger partial charge >= 0.3 is 0 Å². The Morgan fingerprint density at radius 1 is 1.43 bits per heavy atom. The highest BCUT2D eigenvalue weighted by Crippen LogP contribution is 2.35. The SMILES string of the molecule is CC1(CN)CCc2cc(Br)ccc2C1. The summed E-state index contributed by atoms with van der Waals surface area (Å²) in [5.41, 5.74) is 9.11. The first-order chi connectivity index (χ1) is 6.63. The molecule has 2 N–H and O–H groups in total. The number of aryl methyl sites for hydroxylation is 1. The molecule has 1 aliphatic rings. The minimum Gasteiger partial charge on any atom is -0.330 e. The Bertz CT molecular complexity index is 348. The van der Waals surface area contributed by atoms with Crippen molar-refractivity contribution in [3.05, 3.63) is 33.8 Å². The van der Waals surface area contributed by atoms with Gasteiger partial charge in [0.25, 0.3) is 0 Å². The number of halogens is 1. The van der Waals surface area contributed by atoms with Crippen molar-refractivity contribution in [1.29, 1.82) is 0 Å². The van der Waals surface area contributed by atoms with Gasteiger partial charge in [-0.15, -0.1) is 0 Å². The molecule has 0 saturated carbocycles. The molecule has 0 spiro atoms. The molecule has 0 heterocycles. The second-order valence-electron chi connectivity index (χ2n) is 4.60. The third-order valence-electron chi connectivity index (χ3n) is 3.28. The lowest BCUT2D eigenvalue weighted by Crippen LogP contribution is -2.33. The predicted molar refractivity (Wildman–Crippen MR) is 63.3 cm³/mol. The number of hydrogen-bond acceptors (Lipinski definition) is 1. The van der Waals surface area contributed by atoms with Crippen LogP contribution in [-0.4, -0.2) is 6.54 Å². The van der Waals surface area contributed by atoms with Crippen molar-refractivity contribution in [2.24, 2.45) is 11.1 Å². The molecule has 76 valence electrons. The summed E-state index contributed by atoms with van der Waals surface area (Å²) in [6, 6.07) is 6.60. The van der Waals surface area contributed by atoms with Crippen LogP contribution < -0.4 is 5.73 Å². The molecule has 1 aliphatic carbocycles. The molecule has 1 nitrogen and oxygen atoms in total. The summed E-state index contributed by atoms with van der Waals surface area (Å²) in [5, 5.41) is 0. The zero-order valence-corrected chi connectivity index (χ0v) is 10.1. The van der Waals surface area contributed by atoms with E-state index in [2.05, 4.69) is 41.1 Å². The number of benzene rings is 1. The quantitative estimate of drug-likeness (QED) is 0.819. The molecule has 2 rings (SSSR count). The maximum absolute atomic E-state index is 5.82. The average molecular weight is 254 g/mol.